The van der Waals surface area contributed by atoms with Crippen LogP contribution in [0.25, 0.3) is 0 Å². The van der Waals surface area contributed by atoms with Crippen LogP contribution in [0.2, 0.25) is 0 Å². The van der Waals surface area contributed by atoms with Gasteiger partial charge in [0.05, 0.1) is 72.7 Å². The Hall–Kier alpha value is -1.10. The topological polar surface area (TPSA) is 102 Å². The van der Waals surface area contributed by atoms with Crippen LogP contribution in [0.4, 0.5) is 0 Å². The van der Waals surface area contributed by atoms with Gasteiger partial charge in [-0.1, -0.05) is 0 Å². The predicted octanol–water partition coefficient (Wildman–Crippen LogP) is -0.579. The molecule has 0 saturated heterocycles. The zero-order valence-corrected chi connectivity index (χ0v) is 15.0. The van der Waals surface area contributed by atoms with Crippen molar-refractivity contribution < 1.29 is 38.0 Å². The molecule has 9 nitrogen and oxygen atoms in total. The van der Waals surface area contributed by atoms with E-state index in [0.29, 0.717) is 85.6 Å². The quantitative estimate of drug-likeness (QED) is 0.213. The Morgan fingerprint density at radius 2 is 1.04 bits per heavy atom. The van der Waals surface area contributed by atoms with Gasteiger partial charge in [0, 0.05) is 6.54 Å². The van der Waals surface area contributed by atoms with Gasteiger partial charge in [-0.2, -0.15) is 0 Å². The third-order valence-corrected chi connectivity index (χ3v) is 2.64. The SMILES string of the molecule is CC(=O)COCCOCCOCCOCCOCCOCCNC=O. The molecule has 9 heteroatoms. The van der Waals surface area contributed by atoms with Gasteiger partial charge in [0.2, 0.25) is 6.41 Å². The molecule has 0 aromatic carbocycles. The molecule has 0 aliphatic carbocycles. The third-order valence-electron chi connectivity index (χ3n) is 2.64. The van der Waals surface area contributed by atoms with Gasteiger partial charge in [0.1, 0.15) is 6.61 Å². The average Bonchev–Trinajstić information content (AvgIpc) is 2.60. The number of hydrogen-bond acceptors (Lipinski definition) is 8. The number of nitrogens with one attached hydrogen (secondary N) is 1. The molecule has 0 radical (unpaired) electrons. The van der Waals surface area contributed by atoms with Crippen LogP contribution in [-0.4, -0.2) is 98.0 Å². The first-order valence-corrected chi connectivity index (χ1v) is 8.40. The number of ketones is 1. The van der Waals surface area contributed by atoms with E-state index < -0.39 is 0 Å². The number of hydrogen-bond donors (Lipinski definition) is 1. The lowest BCUT2D eigenvalue weighted by molar-refractivity contribution is -0.122. The fourth-order valence-corrected chi connectivity index (χ4v) is 1.51. The summed E-state index contributed by atoms with van der Waals surface area (Å²) in [6.45, 7) is 7.40. The second-order valence-corrected chi connectivity index (χ2v) is 4.89. The molecule has 1 N–H and O–H groups in total. The van der Waals surface area contributed by atoms with Crippen molar-refractivity contribution in [2.75, 3.05) is 85.8 Å². The Bertz CT molecular complexity index is 304. The maximum atomic E-state index is 10.6. The van der Waals surface area contributed by atoms with Crippen molar-refractivity contribution in [3.63, 3.8) is 0 Å². The van der Waals surface area contributed by atoms with Crippen molar-refractivity contribution in [2.45, 2.75) is 6.92 Å². The Labute approximate surface area is 149 Å². The molecular weight excluding hydrogens is 334 g/mol. The first kappa shape index (κ1) is 23.9. The van der Waals surface area contributed by atoms with Crippen LogP contribution in [0.5, 0.6) is 0 Å². The van der Waals surface area contributed by atoms with Gasteiger partial charge >= 0.3 is 0 Å². The van der Waals surface area contributed by atoms with E-state index in [1.165, 1.54) is 6.92 Å². The first-order valence-electron chi connectivity index (χ1n) is 8.40. The average molecular weight is 365 g/mol. The lowest BCUT2D eigenvalue weighted by Crippen LogP contribution is -2.19. The van der Waals surface area contributed by atoms with Crippen molar-refractivity contribution in [3.05, 3.63) is 0 Å². The second-order valence-electron chi connectivity index (χ2n) is 4.89. The number of ether oxygens (including phenoxy) is 6. The van der Waals surface area contributed by atoms with Crippen LogP contribution in [0.15, 0.2) is 0 Å². The van der Waals surface area contributed by atoms with Crippen LogP contribution >= 0.6 is 0 Å². The largest absolute Gasteiger partial charge is 0.377 e. The zero-order valence-electron chi connectivity index (χ0n) is 15.0. The van der Waals surface area contributed by atoms with Crippen molar-refractivity contribution in [3.8, 4) is 0 Å². The molecule has 0 aliphatic heterocycles. The van der Waals surface area contributed by atoms with E-state index in [2.05, 4.69) is 5.32 Å². The Balaban J connectivity index is 2.98. The van der Waals surface area contributed by atoms with Gasteiger partial charge < -0.3 is 33.7 Å². The molecule has 0 atom stereocenters. The standard InChI is InChI=1S/C16H31NO8/c1-16(19)14-25-13-12-24-11-10-23-9-8-22-7-6-21-5-4-20-3-2-17-15-18/h15H,2-14H2,1H3,(H,17,18). The van der Waals surface area contributed by atoms with E-state index >= 15 is 0 Å². The van der Waals surface area contributed by atoms with Crippen LogP contribution in [-0.2, 0) is 38.0 Å². The fraction of sp³-hybridized carbons (Fsp3) is 0.875. The number of rotatable bonds is 21. The van der Waals surface area contributed by atoms with E-state index in [1.54, 1.807) is 0 Å². The fourth-order valence-electron chi connectivity index (χ4n) is 1.51. The van der Waals surface area contributed by atoms with Crippen molar-refractivity contribution in [2.24, 2.45) is 0 Å². The Morgan fingerprint density at radius 1 is 0.680 bits per heavy atom. The van der Waals surface area contributed by atoms with E-state index in [1.807, 2.05) is 0 Å². The monoisotopic (exact) mass is 365 g/mol. The minimum atomic E-state index is 0.00528. The number of carbonyl (C=O) groups excluding carboxylic acids is 2. The number of amides is 1. The Morgan fingerprint density at radius 3 is 1.40 bits per heavy atom. The van der Waals surface area contributed by atoms with Crippen molar-refractivity contribution >= 4 is 12.2 Å². The van der Waals surface area contributed by atoms with Crippen LogP contribution < -0.4 is 5.32 Å². The molecule has 25 heavy (non-hydrogen) atoms. The molecule has 0 aliphatic rings. The summed E-state index contributed by atoms with van der Waals surface area (Å²) in [5.41, 5.74) is 0. The second kappa shape index (κ2) is 20.9. The number of Topliss-reactive ketones (excluding diaryl/α,β-unsaturated/α-hetero) is 1. The van der Waals surface area contributed by atoms with Gasteiger partial charge in [0.15, 0.2) is 5.78 Å². The zero-order chi connectivity index (χ0) is 18.4. The first-order chi connectivity index (χ1) is 12.3. The van der Waals surface area contributed by atoms with Crippen LogP contribution in [0.3, 0.4) is 0 Å². The molecule has 0 bridgehead atoms. The molecule has 0 saturated carbocycles. The maximum absolute atomic E-state index is 10.6. The highest BCUT2D eigenvalue weighted by molar-refractivity contribution is 5.76. The Kier molecular flexibility index (Phi) is 20.0. The van der Waals surface area contributed by atoms with Crippen LogP contribution in [0, 0.1) is 0 Å². The van der Waals surface area contributed by atoms with Gasteiger partial charge in [0.25, 0.3) is 0 Å². The summed E-state index contributed by atoms with van der Waals surface area (Å²) in [5, 5.41) is 2.50. The molecule has 0 aromatic rings. The lowest BCUT2D eigenvalue weighted by atomic mass is 10.5. The van der Waals surface area contributed by atoms with Gasteiger partial charge in [-0.3, -0.25) is 9.59 Å². The summed E-state index contributed by atoms with van der Waals surface area (Å²) in [4.78, 5) is 20.6. The van der Waals surface area contributed by atoms with E-state index in [-0.39, 0.29) is 12.4 Å². The molecule has 0 heterocycles. The van der Waals surface area contributed by atoms with E-state index in [4.69, 9.17) is 28.4 Å². The molecule has 0 spiro atoms. The highest BCUT2D eigenvalue weighted by atomic mass is 16.6. The van der Waals surface area contributed by atoms with Gasteiger partial charge in [-0.05, 0) is 6.92 Å². The molecule has 0 aromatic heterocycles. The maximum Gasteiger partial charge on any atom is 0.207 e. The third kappa shape index (κ3) is 22.9. The molecular formula is C16H31NO8. The molecule has 0 rings (SSSR count). The summed E-state index contributed by atoms with van der Waals surface area (Å²) in [6, 6.07) is 0. The summed E-state index contributed by atoms with van der Waals surface area (Å²) >= 11 is 0. The van der Waals surface area contributed by atoms with Gasteiger partial charge in [-0.25, -0.2) is 0 Å². The van der Waals surface area contributed by atoms with Crippen molar-refractivity contribution in [1.29, 1.82) is 0 Å². The summed E-state index contributed by atoms with van der Waals surface area (Å²) in [6.07, 6.45) is 0.641. The number of carbonyl (C=O) groups is 2. The van der Waals surface area contributed by atoms with Gasteiger partial charge in [-0.15, -0.1) is 0 Å². The molecule has 0 unspecified atom stereocenters. The van der Waals surface area contributed by atoms with Crippen LogP contribution in [0.1, 0.15) is 6.92 Å². The molecule has 148 valence electrons. The highest BCUT2D eigenvalue weighted by Crippen LogP contribution is 1.84. The highest BCUT2D eigenvalue weighted by Gasteiger charge is 1.95. The normalized spacial score (nSPS) is 10.8. The summed E-state index contributed by atoms with van der Waals surface area (Å²) in [7, 11) is 0. The molecule has 1 amide bonds. The minimum absolute atomic E-state index is 0.00528. The van der Waals surface area contributed by atoms with E-state index in [0.717, 1.165) is 0 Å². The predicted molar refractivity (Wildman–Crippen MR) is 89.7 cm³/mol. The summed E-state index contributed by atoms with van der Waals surface area (Å²) in [5.74, 6) is 0.00528. The minimum Gasteiger partial charge on any atom is -0.377 e. The summed E-state index contributed by atoms with van der Waals surface area (Å²) < 4.78 is 31.5. The smallest absolute Gasteiger partial charge is 0.207 e. The van der Waals surface area contributed by atoms with E-state index in [9.17, 15) is 9.59 Å². The van der Waals surface area contributed by atoms with Crippen molar-refractivity contribution in [1.82, 2.24) is 5.32 Å². The lowest BCUT2D eigenvalue weighted by Gasteiger charge is -2.08. The molecule has 0 fully saturated rings.